The van der Waals surface area contributed by atoms with E-state index < -0.39 is 34.7 Å². The molecule has 11 rings (SSSR count). The Morgan fingerprint density at radius 2 is 1.59 bits per heavy atom. The highest BCUT2D eigenvalue weighted by Gasteiger charge is 2.71. The molecule has 7 fully saturated rings. The van der Waals surface area contributed by atoms with Crippen molar-refractivity contribution in [3.8, 4) is 0 Å². The van der Waals surface area contributed by atoms with Crippen molar-refractivity contribution in [3.63, 3.8) is 0 Å². The Morgan fingerprint density at radius 3 is 2.37 bits per heavy atom. The molecule has 7 nitrogen and oxygen atoms in total. The number of aromatic nitrogens is 2. The highest BCUT2D eigenvalue weighted by Crippen LogP contribution is 2.73. The van der Waals surface area contributed by atoms with Gasteiger partial charge in [-0.1, -0.05) is 84.4 Å². The Balaban J connectivity index is 1.07. The number of imidazole rings is 1. The van der Waals surface area contributed by atoms with E-state index in [1.807, 2.05) is 40.2 Å². The van der Waals surface area contributed by atoms with Gasteiger partial charge in [0.05, 0.1) is 30.2 Å². The van der Waals surface area contributed by atoms with Gasteiger partial charge in [-0.3, -0.25) is 4.79 Å². The predicted molar refractivity (Wildman–Crippen MR) is 235 cm³/mol. The van der Waals surface area contributed by atoms with E-state index in [1.165, 1.54) is 64.2 Å². The van der Waals surface area contributed by atoms with Crippen LogP contribution in [0.15, 0.2) is 52.7 Å². The number of fused-ring (bicyclic) bond motifs is 14. The number of aliphatic hydroxyl groups excluding tert-OH is 3. The third-order valence-electron chi connectivity index (χ3n) is 20.1. The minimum Gasteiger partial charge on any atom is -0.392 e. The molecule has 9 aliphatic carbocycles. The van der Waals surface area contributed by atoms with Gasteiger partial charge in [-0.25, -0.2) is 4.98 Å². The van der Waals surface area contributed by atoms with E-state index in [4.69, 9.17) is 0 Å². The Hall–Kier alpha value is -1.36. The van der Waals surface area contributed by atoms with E-state index in [0.717, 1.165) is 49.2 Å². The van der Waals surface area contributed by atoms with Gasteiger partial charge in [0.15, 0.2) is 5.78 Å². The average molecular weight is 843 g/mol. The van der Waals surface area contributed by atoms with Gasteiger partial charge >= 0.3 is 0 Å². The summed E-state index contributed by atoms with van der Waals surface area (Å²) in [6.45, 7) is 9.58. The van der Waals surface area contributed by atoms with Crippen molar-refractivity contribution in [3.05, 3.63) is 52.7 Å². The quantitative estimate of drug-likeness (QED) is 0.163. The largest absolute Gasteiger partial charge is 0.392 e. The van der Waals surface area contributed by atoms with Crippen LogP contribution in [0.2, 0.25) is 0 Å². The molecule has 1 aromatic rings. The summed E-state index contributed by atoms with van der Waals surface area (Å²) in [5.41, 5.74) is 5.74. The molecule has 1 aromatic heterocycles. The van der Waals surface area contributed by atoms with Gasteiger partial charge < -0.3 is 25.0 Å². The Kier molecular flexibility index (Phi) is 9.64. The number of ketones is 1. The van der Waals surface area contributed by atoms with E-state index in [0.29, 0.717) is 23.7 Å². The monoisotopic (exact) mass is 842 g/mol. The molecular weight excluding hydrogens is 773 g/mol. The van der Waals surface area contributed by atoms with Crippen LogP contribution in [0, 0.1) is 69.0 Å². The maximum absolute atomic E-state index is 14.3. The van der Waals surface area contributed by atoms with E-state index in [2.05, 4.69) is 43.4 Å². The lowest BCUT2D eigenvalue weighted by molar-refractivity contribution is -0.160. The number of hydrogen-bond donors (Lipinski definition) is 4. The van der Waals surface area contributed by atoms with Crippen molar-refractivity contribution in [2.75, 3.05) is 11.5 Å². The fourth-order valence-corrected chi connectivity index (χ4v) is 20.5. The summed E-state index contributed by atoms with van der Waals surface area (Å²) in [6, 6.07) is 0.241. The van der Waals surface area contributed by atoms with E-state index in [9.17, 15) is 25.2 Å². The Morgan fingerprint density at radius 1 is 0.831 bits per heavy atom. The minimum absolute atomic E-state index is 0.0191. The van der Waals surface area contributed by atoms with Gasteiger partial charge in [0, 0.05) is 59.0 Å². The zero-order valence-electron chi connectivity index (χ0n) is 36.1. The second kappa shape index (κ2) is 14.1. The fourth-order valence-electron chi connectivity index (χ4n) is 17.8. The molecule has 1 saturated heterocycles. The molecule has 322 valence electrons. The summed E-state index contributed by atoms with van der Waals surface area (Å²) in [4.78, 5) is 18.9. The smallest absolute Gasteiger partial charge is 0.159 e. The lowest BCUT2D eigenvalue weighted by atomic mass is 9.44. The summed E-state index contributed by atoms with van der Waals surface area (Å²) in [7, 11) is 3.84. The SMILES string of the molecule is CC1(C)CC(n2ccnc2)CSSCC2CC(C3CC4CCCC5=C4C(C1=C1CCCC4(CCCC4)C51)C3O)C1(C)CCC3C(=CC(=O)C4CC(O)C(O)CC43C)C21O. The number of carbonyl (C=O) groups excluding carboxylic acids is 1. The molecular formula is C50H70N2O5S2. The summed E-state index contributed by atoms with van der Waals surface area (Å²) in [6.07, 6.45) is 23.8. The van der Waals surface area contributed by atoms with Crippen LogP contribution in [0.1, 0.15) is 143 Å². The van der Waals surface area contributed by atoms with Crippen LogP contribution < -0.4 is 0 Å². The van der Waals surface area contributed by atoms with Crippen molar-refractivity contribution in [2.45, 2.75) is 167 Å². The number of nitrogens with zero attached hydrogens (tertiary/aromatic N) is 2. The maximum Gasteiger partial charge on any atom is 0.159 e. The number of carbonyl (C=O) groups is 1. The van der Waals surface area contributed by atoms with Crippen molar-refractivity contribution >= 4 is 27.4 Å². The summed E-state index contributed by atoms with van der Waals surface area (Å²) in [5, 5.41) is 49.4. The second-order valence-electron chi connectivity index (χ2n) is 23.0. The molecule has 59 heavy (non-hydrogen) atoms. The Bertz CT molecular complexity index is 1970. The minimum atomic E-state index is -1.19. The molecule has 10 aliphatic rings. The van der Waals surface area contributed by atoms with Crippen molar-refractivity contribution in [2.24, 2.45) is 69.0 Å². The van der Waals surface area contributed by atoms with E-state index in [1.54, 1.807) is 22.3 Å². The molecule has 6 saturated carbocycles. The molecule has 0 amide bonds. The average Bonchev–Trinajstić information content (AvgIpc) is 3.95. The number of allylic oxidation sites excluding steroid dienone is 3. The van der Waals surface area contributed by atoms with Gasteiger partial charge in [0.1, 0.15) is 0 Å². The fraction of sp³-hybridized carbons (Fsp3) is 0.800. The van der Waals surface area contributed by atoms with Gasteiger partial charge in [-0.2, -0.15) is 0 Å². The molecule has 9 heteroatoms. The molecule has 0 aromatic carbocycles. The van der Waals surface area contributed by atoms with Gasteiger partial charge in [-0.05, 0) is 148 Å². The number of hydrogen-bond acceptors (Lipinski definition) is 8. The maximum atomic E-state index is 14.3. The first-order chi connectivity index (χ1) is 28.2. The molecule has 15 atom stereocenters. The van der Waals surface area contributed by atoms with Crippen LogP contribution in [0.4, 0.5) is 0 Å². The molecule has 0 radical (unpaired) electrons. The van der Waals surface area contributed by atoms with Gasteiger partial charge in [-0.15, -0.1) is 0 Å². The lowest BCUT2D eigenvalue weighted by Gasteiger charge is -2.62. The van der Waals surface area contributed by atoms with Crippen LogP contribution >= 0.6 is 21.6 Å². The van der Waals surface area contributed by atoms with Gasteiger partial charge in [0.2, 0.25) is 0 Å². The van der Waals surface area contributed by atoms with Crippen LogP contribution in [0.25, 0.3) is 0 Å². The zero-order chi connectivity index (χ0) is 40.9. The first kappa shape index (κ1) is 40.4. The standard InChI is InChI=1S/C50H70N2O5S2/c1-46(2)23-30(52-18-17-51-27-52)26-59-58-25-29-20-35(48(4)16-12-34-36(50(29,48)57)21-38(53)37-22-39(54)40(55)24-47(34,37)3)33-19-28-9-7-10-31-41(28)42(45(33)56)44(46)32-11-8-15-49(43(31)32)13-5-6-14-49/h17-18,21,27-30,33-35,37,39-40,42-43,45,54-57H,5-16,19-20,22-26H2,1-4H3. The highest BCUT2D eigenvalue weighted by atomic mass is 33.1. The van der Waals surface area contributed by atoms with Crippen LogP contribution in [-0.4, -0.2) is 71.2 Å². The van der Waals surface area contributed by atoms with Gasteiger partial charge in [0.25, 0.3) is 0 Å². The first-order valence-corrected chi connectivity index (χ1v) is 26.4. The van der Waals surface area contributed by atoms with Crippen LogP contribution in [-0.2, 0) is 4.79 Å². The van der Waals surface area contributed by atoms with E-state index >= 15 is 0 Å². The van der Waals surface area contributed by atoms with Crippen molar-refractivity contribution in [1.29, 1.82) is 0 Å². The summed E-state index contributed by atoms with van der Waals surface area (Å²) < 4.78 is 2.34. The van der Waals surface area contributed by atoms with E-state index in [-0.39, 0.29) is 59.2 Å². The van der Waals surface area contributed by atoms with Crippen LogP contribution in [0.3, 0.4) is 0 Å². The van der Waals surface area contributed by atoms with Crippen molar-refractivity contribution < 1.29 is 25.2 Å². The second-order valence-corrected chi connectivity index (χ2v) is 25.6. The summed E-state index contributed by atoms with van der Waals surface area (Å²) in [5.74, 6) is 2.59. The molecule has 4 bridgehead atoms. The summed E-state index contributed by atoms with van der Waals surface area (Å²) >= 11 is 0. The zero-order valence-corrected chi connectivity index (χ0v) is 37.7. The topological polar surface area (TPSA) is 116 Å². The predicted octanol–water partition coefficient (Wildman–Crippen LogP) is 9.43. The Labute approximate surface area is 360 Å². The van der Waals surface area contributed by atoms with Crippen molar-refractivity contribution in [1.82, 2.24) is 9.55 Å². The number of aliphatic hydroxyl groups is 4. The molecule has 1 spiro atoms. The molecule has 2 heterocycles. The third kappa shape index (κ3) is 5.61. The molecule has 15 unspecified atom stereocenters. The first-order valence-electron chi connectivity index (χ1n) is 23.9. The molecule has 1 aliphatic heterocycles. The lowest BCUT2D eigenvalue weighted by Crippen LogP contribution is -2.63. The number of rotatable bonds is 1. The highest BCUT2D eigenvalue weighted by molar-refractivity contribution is 8.76. The molecule has 4 N–H and O–H groups in total. The van der Waals surface area contributed by atoms with Crippen LogP contribution in [0.5, 0.6) is 0 Å². The third-order valence-corrected chi connectivity index (χ3v) is 22.7. The normalized spacial score (nSPS) is 48.7.